The fraction of sp³-hybridized carbons (Fsp3) is 0.127. The van der Waals surface area contributed by atoms with Crippen LogP contribution in [0, 0.1) is 0 Å². The number of aliphatic imine (C=N–C) groups is 1. The van der Waals surface area contributed by atoms with E-state index in [0.717, 1.165) is 54.0 Å². The van der Waals surface area contributed by atoms with Crippen LogP contribution in [-0.2, 0) is 0 Å². The molecule has 0 saturated carbocycles. The van der Waals surface area contributed by atoms with E-state index in [1.165, 1.54) is 77.5 Å². The van der Waals surface area contributed by atoms with Crippen LogP contribution in [0.4, 0.5) is 0 Å². The summed E-state index contributed by atoms with van der Waals surface area (Å²) < 4.78 is 9.71. The van der Waals surface area contributed by atoms with Crippen LogP contribution in [0.1, 0.15) is 66.2 Å². The van der Waals surface area contributed by atoms with E-state index in [1.807, 2.05) is 0 Å². The highest BCUT2D eigenvalue weighted by molar-refractivity contribution is 6.12. The number of aromatic nitrogens is 1. The average Bonchev–Trinajstić information content (AvgIpc) is 3.98. The van der Waals surface area contributed by atoms with Crippen molar-refractivity contribution in [3.8, 4) is 44.8 Å². The molecule has 1 aromatic heterocycles. The Kier molecular flexibility index (Phi) is 10.2. The van der Waals surface area contributed by atoms with Crippen LogP contribution in [0.5, 0.6) is 5.75 Å². The third-order valence-electron chi connectivity index (χ3n) is 14.5. The SMILES string of the molecule is C1=CC(C2=NC(c3cc(-c4cc(-c5ccccc5)cc(-c5ccccc5)c4)ccc3C3=CCCC4Oc5c(ccc6c7ccccc7n(-c7ccccc7)c56)C34)NC(c3ccccc3)[NH2+]2)=CCC1. The number of allylic oxidation sites excluding steroid dienone is 3. The number of ether oxygens (including phenoxy) is 1. The summed E-state index contributed by atoms with van der Waals surface area (Å²) in [5, 5.41) is 8.84. The van der Waals surface area contributed by atoms with Crippen LogP contribution in [0.3, 0.4) is 0 Å². The van der Waals surface area contributed by atoms with E-state index >= 15 is 0 Å². The van der Waals surface area contributed by atoms with Crippen molar-refractivity contribution in [3.05, 3.63) is 246 Å². The fourth-order valence-electron chi connectivity index (χ4n) is 11.3. The predicted molar refractivity (Wildman–Crippen MR) is 279 cm³/mol. The van der Waals surface area contributed by atoms with Crippen LogP contribution in [0.15, 0.2) is 229 Å². The molecular formula is C63H51N4O+. The zero-order valence-corrected chi connectivity index (χ0v) is 37.8. The molecule has 0 saturated heterocycles. The molecule has 2 aliphatic carbocycles. The molecule has 9 aromatic rings. The standard InChI is InChI=1S/C63H50N4O/c1-6-19-41(20-7-1)46-37-47(42-21-8-2-9-22-42)39-48(38-46)45-33-34-50(55(40-45)63-65-61(43-23-10-3-11-24-43)64-62(66-63)44-25-12-4-13-26-44)52-30-18-32-57-58(52)54-36-35-53-51-29-16-17-31-56(51)67(59(53)60(54)68-57)49-27-14-5-15-28-49/h1-3,5-12,14-17,19-31,33-40,57-58,61,63,65H,4,13,18,32H2,(H,64,66)/p+1. The number of nitrogens with one attached hydrogen (secondary N) is 1. The molecule has 0 radical (unpaired) electrons. The number of nitrogens with two attached hydrogens (primary N) is 1. The number of amidine groups is 1. The van der Waals surface area contributed by atoms with E-state index < -0.39 is 0 Å². The molecule has 3 N–H and O–H groups in total. The minimum atomic E-state index is -0.330. The summed E-state index contributed by atoms with van der Waals surface area (Å²) in [7, 11) is 0. The van der Waals surface area contributed by atoms with Gasteiger partial charge in [0, 0.05) is 33.5 Å². The van der Waals surface area contributed by atoms with Gasteiger partial charge < -0.3 is 9.30 Å². The van der Waals surface area contributed by atoms with E-state index in [-0.39, 0.29) is 24.4 Å². The van der Waals surface area contributed by atoms with Gasteiger partial charge in [-0.25, -0.2) is 10.3 Å². The molecule has 8 aromatic carbocycles. The molecule has 5 heteroatoms. The summed E-state index contributed by atoms with van der Waals surface area (Å²) in [4.78, 5) is 5.68. The second-order valence-corrected chi connectivity index (χ2v) is 18.5. The van der Waals surface area contributed by atoms with Gasteiger partial charge in [-0.15, -0.1) is 0 Å². The fourth-order valence-corrected chi connectivity index (χ4v) is 11.3. The molecule has 13 rings (SSSR count). The highest BCUT2D eigenvalue weighted by Gasteiger charge is 2.42. The summed E-state index contributed by atoms with van der Waals surface area (Å²) >= 11 is 0. The first-order valence-electron chi connectivity index (χ1n) is 24.2. The first kappa shape index (κ1) is 40.4. The Morgan fingerprint density at radius 1 is 0.559 bits per heavy atom. The molecule has 2 aliphatic heterocycles. The van der Waals surface area contributed by atoms with Gasteiger partial charge in [0.2, 0.25) is 5.84 Å². The van der Waals surface area contributed by atoms with Crippen molar-refractivity contribution < 1.29 is 10.1 Å². The summed E-state index contributed by atoms with van der Waals surface area (Å²) in [6.07, 6.45) is 13.0. The monoisotopic (exact) mass is 879 g/mol. The van der Waals surface area contributed by atoms with E-state index in [1.54, 1.807) is 0 Å². The van der Waals surface area contributed by atoms with Crippen molar-refractivity contribution in [2.75, 3.05) is 0 Å². The van der Waals surface area contributed by atoms with Crippen molar-refractivity contribution in [2.24, 2.45) is 4.99 Å². The van der Waals surface area contributed by atoms with E-state index in [4.69, 9.17) is 9.73 Å². The summed E-state index contributed by atoms with van der Waals surface area (Å²) in [6.45, 7) is 0. The third kappa shape index (κ3) is 7.14. The molecule has 4 atom stereocenters. The van der Waals surface area contributed by atoms with Gasteiger partial charge in [-0.1, -0.05) is 176 Å². The third-order valence-corrected chi connectivity index (χ3v) is 14.5. The maximum Gasteiger partial charge on any atom is 0.230 e. The Morgan fingerprint density at radius 2 is 1.24 bits per heavy atom. The average molecular weight is 880 g/mol. The van der Waals surface area contributed by atoms with Gasteiger partial charge in [0.25, 0.3) is 0 Å². The number of hydrogen-bond donors (Lipinski definition) is 2. The number of fused-ring (bicyclic) bond motifs is 7. The zero-order chi connectivity index (χ0) is 45.0. The van der Waals surface area contributed by atoms with E-state index in [9.17, 15) is 0 Å². The molecule has 0 amide bonds. The van der Waals surface area contributed by atoms with Crippen LogP contribution >= 0.6 is 0 Å². The lowest BCUT2D eigenvalue weighted by atomic mass is 9.76. The first-order valence-corrected chi connectivity index (χ1v) is 24.2. The van der Waals surface area contributed by atoms with Crippen LogP contribution in [0.25, 0.3) is 66.4 Å². The Bertz CT molecular complexity index is 3440. The second kappa shape index (κ2) is 17.1. The lowest BCUT2D eigenvalue weighted by molar-refractivity contribution is -0.600. The van der Waals surface area contributed by atoms with Gasteiger partial charge in [-0.3, -0.25) is 5.32 Å². The number of nitrogens with zero attached hydrogens (tertiary/aromatic N) is 2. The normalized spacial score (nSPS) is 19.7. The van der Waals surface area contributed by atoms with E-state index in [0.29, 0.717) is 0 Å². The Morgan fingerprint density at radius 3 is 1.96 bits per heavy atom. The van der Waals surface area contributed by atoms with Crippen LogP contribution < -0.4 is 15.4 Å². The summed E-state index contributed by atoms with van der Waals surface area (Å²) in [5.41, 5.74) is 17.9. The van der Waals surface area contributed by atoms with Crippen molar-refractivity contribution in [3.63, 3.8) is 0 Å². The minimum absolute atomic E-state index is 0.00246. The predicted octanol–water partition coefficient (Wildman–Crippen LogP) is 14.0. The maximum atomic E-state index is 7.30. The number of hydrogen-bond acceptors (Lipinski definition) is 3. The number of quaternary nitrogens is 1. The first-order chi connectivity index (χ1) is 33.7. The van der Waals surface area contributed by atoms with Crippen molar-refractivity contribution in [1.29, 1.82) is 0 Å². The number of rotatable bonds is 8. The Labute approximate surface area is 397 Å². The lowest BCUT2D eigenvalue weighted by Gasteiger charge is -2.32. The maximum absolute atomic E-state index is 7.30. The molecule has 5 nitrogen and oxygen atoms in total. The molecule has 0 spiro atoms. The summed E-state index contributed by atoms with van der Waals surface area (Å²) in [5.74, 6) is 2.09. The molecule has 68 heavy (non-hydrogen) atoms. The molecule has 3 heterocycles. The van der Waals surface area contributed by atoms with E-state index in [2.05, 4.69) is 234 Å². The largest absolute Gasteiger partial charge is 0.487 e. The van der Waals surface area contributed by atoms with Crippen molar-refractivity contribution in [2.45, 2.75) is 50.0 Å². The van der Waals surface area contributed by atoms with Crippen molar-refractivity contribution in [1.82, 2.24) is 9.88 Å². The molecule has 4 aliphatic rings. The zero-order valence-electron chi connectivity index (χ0n) is 37.8. The van der Waals surface area contributed by atoms with Gasteiger partial charge in [0.1, 0.15) is 18.0 Å². The number of benzene rings is 8. The highest BCUT2D eigenvalue weighted by atomic mass is 16.5. The minimum Gasteiger partial charge on any atom is -0.487 e. The van der Waals surface area contributed by atoms with Crippen LogP contribution in [-0.4, -0.2) is 16.5 Å². The van der Waals surface area contributed by atoms with Gasteiger partial charge in [0.15, 0.2) is 6.17 Å². The second-order valence-electron chi connectivity index (χ2n) is 18.5. The van der Waals surface area contributed by atoms with Gasteiger partial charge in [0.05, 0.1) is 16.6 Å². The molecular weight excluding hydrogens is 829 g/mol. The van der Waals surface area contributed by atoms with Gasteiger partial charge in [-0.2, -0.15) is 0 Å². The van der Waals surface area contributed by atoms with Gasteiger partial charge >= 0.3 is 0 Å². The van der Waals surface area contributed by atoms with Gasteiger partial charge in [-0.05, 0) is 118 Å². The summed E-state index contributed by atoms with van der Waals surface area (Å²) in [6, 6.07) is 70.8. The lowest BCUT2D eigenvalue weighted by Crippen LogP contribution is -2.93. The molecule has 328 valence electrons. The van der Waals surface area contributed by atoms with Crippen molar-refractivity contribution >= 4 is 33.2 Å². The topological polar surface area (TPSA) is 55.2 Å². The Hall–Kier alpha value is -7.83. The quantitative estimate of drug-likeness (QED) is 0.160. The number of para-hydroxylation sites is 2. The highest BCUT2D eigenvalue weighted by Crippen LogP contribution is 2.54. The van der Waals surface area contributed by atoms with Crippen LogP contribution in [0.2, 0.25) is 0 Å². The smallest absolute Gasteiger partial charge is 0.230 e. The molecule has 0 fully saturated rings. The molecule has 4 unspecified atom stereocenters. The Balaban J connectivity index is 1.01. The molecule has 0 bridgehead atoms.